The van der Waals surface area contributed by atoms with Crippen LogP contribution in [0.1, 0.15) is 30.7 Å². The van der Waals surface area contributed by atoms with Gasteiger partial charge >= 0.3 is 0 Å². The van der Waals surface area contributed by atoms with Crippen molar-refractivity contribution >= 4 is 16.8 Å². The summed E-state index contributed by atoms with van der Waals surface area (Å²) < 4.78 is 41.7. The fourth-order valence-corrected chi connectivity index (χ4v) is 4.54. The summed E-state index contributed by atoms with van der Waals surface area (Å²) in [6, 6.07) is 8.19. The van der Waals surface area contributed by atoms with Gasteiger partial charge in [-0.2, -0.15) is 0 Å². The monoisotopic (exact) mass is 399 g/mol. The number of carbonyl (C=O) groups is 1. The number of halogens is 3. The second kappa shape index (κ2) is 6.91. The number of amides is 1. The fraction of sp³-hybridized carbons (Fsp3) is 0.318. The Morgan fingerprint density at radius 3 is 2.45 bits per heavy atom. The molecule has 2 fully saturated rings. The molecule has 0 spiro atoms. The van der Waals surface area contributed by atoms with Gasteiger partial charge in [-0.3, -0.25) is 4.79 Å². The molecule has 0 radical (unpaired) electrons. The lowest BCUT2D eigenvalue weighted by atomic mass is 9.74. The van der Waals surface area contributed by atoms with Crippen molar-refractivity contribution in [3.63, 3.8) is 0 Å². The molecule has 2 aliphatic rings. The van der Waals surface area contributed by atoms with Crippen molar-refractivity contribution in [2.24, 2.45) is 0 Å². The maximum Gasteiger partial charge on any atom is 0.237 e. The number of benzene rings is 2. The van der Waals surface area contributed by atoms with Crippen LogP contribution in [-0.2, 0) is 4.79 Å². The third kappa shape index (κ3) is 3.19. The second-order valence-corrected chi connectivity index (χ2v) is 7.89. The summed E-state index contributed by atoms with van der Waals surface area (Å²) in [5, 5.41) is 6.71. The number of H-pyrrole nitrogens is 1. The Morgan fingerprint density at radius 1 is 1.00 bits per heavy atom. The summed E-state index contributed by atoms with van der Waals surface area (Å²) in [6.45, 7) is 0.683. The van der Waals surface area contributed by atoms with E-state index in [1.54, 1.807) is 12.1 Å². The number of carbonyl (C=O) groups excluding carboxylic acids is 1. The minimum atomic E-state index is -0.647. The molecular formula is C22H20F3N3O. The van der Waals surface area contributed by atoms with Gasteiger partial charge in [0.1, 0.15) is 17.5 Å². The molecule has 1 saturated carbocycles. The van der Waals surface area contributed by atoms with Crippen molar-refractivity contribution in [3.8, 4) is 11.3 Å². The third-order valence-corrected chi connectivity index (χ3v) is 6.03. The van der Waals surface area contributed by atoms with Gasteiger partial charge in [0.25, 0.3) is 0 Å². The molecular weight excluding hydrogens is 379 g/mol. The zero-order valence-electron chi connectivity index (χ0n) is 15.6. The molecule has 0 bridgehead atoms. The van der Waals surface area contributed by atoms with E-state index in [9.17, 15) is 18.0 Å². The summed E-state index contributed by atoms with van der Waals surface area (Å²) in [7, 11) is 0. The summed E-state index contributed by atoms with van der Waals surface area (Å²) in [5.74, 6) is -1.51. The fourth-order valence-electron chi connectivity index (χ4n) is 4.54. The van der Waals surface area contributed by atoms with E-state index in [1.807, 2.05) is 0 Å². The van der Waals surface area contributed by atoms with Crippen LogP contribution in [0.5, 0.6) is 0 Å². The molecule has 2 heterocycles. The van der Waals surface area contributed by atoms with Crippen LogP contribution in [0, 0.1) is 17.5 Å². The number of hydrogen-bond donors (Lipinski definition) is 3. The van der Waals surface area contributed by atoms with Crippen LogP contribution >= 0.6 is 0 Å². The van der Waals surface area contributed by atoms with E-state index in [-0.39, 0.29) is 35.2 Å². The van der Waals surface area contributed by atoms with Crippen LogP contribution in [0.25, 0.3) is 22.2 Å². The molecule has 4 nitrogen and oxygen atoms in total. The van der Waals surface area contributed by atoms with Crippen LogP contribution in [0.4, 0.5) is 13.2 Å². The highest BCUT2D eigenvalue weighted by Crippen LogP contribution is 2.45. The Labute approximate surface area is 165 Å². The highest BCUT2D eigenvalue weighted by molar-refractivity contribution is 5.92. The molecule has 1 saturated heterocycles. The average Bonchev–Trinajstić information content (AvgIpc) is 3.22. The third-order valence-electron chi connectivity index (χ3n) is 6.03. The molecule has 1 aliphatic carbocycles. The van der Waals surface area contributed by atoms with Gasteiger partial charge in [-0.1, -0.05) is 0 Å². The van der Waals surface area contributed by atoms with Crippen molar-refractivity contribution in [1.29, 1.82) is 0 Å². The van der Waals surface area contributed by atoms with Gasteiger partial charge in [-0.05, 0) is 66.6 Å². The van der Waals surface area contributed by atoms with Gasteiger partial charge < -0.3 is 15.6 Å². The Hall–Kier alpha value is -2.80. The van der Waals surface area contributed by atoms with Gasteiger partial charge in [-0.25, -0.2) is 13.2 Å². The maximum atomic E-state index is 14.4. The standard InChI is InChI=1S/C22H20F3N3O/c23-13-3-1-11(2-4-13)20-19(16-9-14(24)10-17(25)21(16)28-20)12-7-15(8-12)27-18-5-6-26-22(18)29/h1-4,9-10,12,15,18,27-28H,5-8H2,(H,26,29)/t12?,15?,18-/m0/s1. The predicted molar refractivity (Wildman–Crippen MR) is 104 cm³/mol. The van der Waals surface area contributed by atoms with Crippen molar-refractivity contribution in [2.45, 2.75) is 37.3 Å². The van der Waals surface area contributed by atoms with E-state index in [0.717, 1.165) is 36.5 Å². The van der Waals surface area contributed by atoms with Crippen LogP contribution in [0.3, 0.4) is 0 Å². The topological polar surface area (TPSA) is 56.9 Å². The molecule has 3 N–H and O–H groups in total. The van der Waals surface area contributed by atoms with E-state index >= 15 is 0 Å². The molecule has 5 rings (SSSR count). The largest absolute Gasteiger partial charge is 0.355 e. The Bertz CT molecular complexity index is 1090. The lowest BCUT2D eigenvalue weighted by molar-refractivity contribution is -0.121. The van der Waals surface area contributed by atoms with E-state index in [4.69, 9.17) is 0 Å². The highest BCUT2D eigenvalue weighted by atomic mass is 19.1. The molecule has 2 aromatic carbocycles. The van der Waals surface area contributed by atoms with E-state index in [0.29, 0.717) is 17.6 Å². The zero-order chi connectivity index (χ0) is 20.1. The normalized spacial score (nSPS) is 24.0. The molecule has 3 aromatic rings. The second-order valence-electron chi connectivity index (χ2n) is 7.89. The summed E-state index contributed by atoms with van der Waals surface area (Å²) in [6.07, 6.45) is 2.30. The van der Waals surface area contributed by atoms with E-state index in [2.05, 4.69) is 15.6 Å². The molecule has 0 unspecified atom stereocenters. The van der Waals surface area contributed by atoms with Crippen LogP contribution in [0.15, 0.2) is 36.4 Å². The average molecular weight is 399 g/mol. The minimum absolute atomic E-state index is 0.0247. The minimum Gasteiger partial charge on any atom is -0.355 e. The lowest BCUT2D eigenvalue weighted by Gasteiger charge is -2.38. The Balaban J connectivity index is 1.49. The number of fused-ring (bicyclic) bond motifs is 1. The Morgan fingerprint density at radius 2 is 1.76 bits per heavy atom. The predicted octanol–water partition coefficient (Wildman–Crippen LogP) is 3.98. The van der Waals surface area contributed by atoms with Gasteiger partial charge in [0.2, 0.25) is 5.91 Å². The summed E-state index contributed by atoms with van der Waals surface area (Å²) in [5.41, 5.74) is 2.52. The molecule has 1 aromatic heterocycles. The van der Waals surface area contributed by atoms with Crippen LogP contribution < -0.4 is 10.6 Å². The molecule has 29 heavy (non-hydrogen) atoms. The number of aromatic amines is 1. The SMILES string of the molecule is O=C1NCC[C@@H]1NC1CC(c2c(-c3ccc(F)cc3)[nH]c3c(F)cc(F)cc23)C1. The maximum absolute atomic E-state index is 14.4. The number of aromatic nitrogens is 1. The first-order valence-corrected chi connectivity index (χ1v) is 9.80. The first kappa shape index (κ1) is 18.2. The quantitative estimate of drug-likeness (QED) is 0.622. The van der Waals surface area contributed by atoms with Crippen molar-refractivity contribution in [1.82, 2.24) is 15.6 Å². The van der Waals surface area contributed by atoms with Gasteiger partial charge in [-0.15, -0.1) is 0 Å². The highest BCUT2D eigenvalue weighted by Gasteiger charge is 2.37. The van der Waals surface area contributed by atoms with Crippen LogP contribution in [-0.4, -0.2) is 29.5 Å². The smallest absolute Gasteiger partial charge is 0.237 e. The molecule has 1 aliphatic heterocycles. The number of hydrogen-bond acceptors (Lipinski definition) is 2. The zero-order valence-corrected chi connectivity index (χ0v) is 15.6. The first-order valence-electron chi connectivity index (χ1n) is 9.80. The lowest BCUT2D eigenvalue weighted by Crippen LogP contribution is -2.48. The number of nitrogens with one attached hydrogen (secondary N) is 3. The number of rotatable bonds is 4. The van der Waals surface area contributed by atoms with Crippen molar-refractivity contribution in [3.05, 3.63) is 59.4 Å². The summed E-state index contributed by atoms with van der Waals surface area (Å²) in [4.78, 5) is 14.9. The molecule has 1 amide bonds. The molecule has 7 heteroatoms. The summed E-state index contributed by atoms with van der Waals surface area (Å²) >= 11 is 0. The first-order chi connectivity index (χ1) is 14.0. The van der Waals surface area contributed by atoms with Crippen LogP contribution in [0.2, 0.25) is 0 Å². The van der Waals surface area contributed by atoms with Gasteiger partial charge in [0.15, 0.2) is 0 Å². The van der Waals surface area contributed by atoms with Crippen molar-refractivity contribution < 1.29 is 18.0 Å². The van der Waals surface area contributed by atoms with Gasteiger partial charge in [0.05, 0.1) is 17.3 Å². The van der Waals surface area contributed by atoms with Crippen molar-refractivity contribution in [2.75, 3.05) is 6.54 Å². The van der Waals surface area contributed by atoms with Gasteiger partial charge in [0, 0.05) is 24.0 Å². The molecule has 150 valence electrons. The molecule has 1 atom stereocenters. The van der Waals surface area contributed by atoms with E-state index in [1.165, 1.54) is 18.2 Å². The Kier molecular flexibility index (Phi) is 4.35. The van der Waals surface area contributed by atoms with E-state index < -0.39 is 11.6 Å².